The number of aromatic carboxylic acids is 1. The third-order valence-electron chi connectivity index (χ3n) is 3.29. The number of carboxylic acid groups (broad SMARTS) is 1. The quantitative estimate of drug-likeness (QED) is 0.777. The van der Waals surface area contributed by atoms with Gasteiger partial charge in [-0.05, 0) is 30.9 Å². The zero-order chi connectivity index (χ0) is 14.7. The van der Waals surface area contributed by atoms with Crippen LogP contribution in [0.25, 0.3) is 0 Å². The molecule has 0 aromatic carbocycles. The number of anilines is 1. The summed E-state index contributed by atoms with van der Waals surface area (Å²) in [7, 11) is 0. The van der Waals surface area contributed by atoms with Gasteiger partial charge in [-0.3, -0.25) is 4.79 Å². The summed E-state index contributed by atoms with van der Waals surface area (Å²) in [5, 5.41) is 15.0. The molecule has 0 radical (unpaired) electrons. The first-order chi connectivity index (χ1) is 9.47. The Hall–Kier alpha value is -2.11. The molecule has 3 N–H and O–H groups in total. The Morgan fingerprint density at radius 1 is 1.50 bits per heavy atom. The molecule has 2 heterocycles. The first kappa shape index (κ1) is 14.3. The fourth-order valence-corrected chi connectivity index (χ4v) is 2.13. The zero-order valence-electron chi connectivity index (χ0n) is 11.6. The summed E-state index contributed by atoms with van der Waals surface area (Å²) in [6.45, 7) is 4.59. The number of nitrogens with one attached hydrogen (secondary N) is 2. The van der Waals surface area contributed by atoms with Crippen molar-refractivity contribution in [3.05, 3.63) is 23.4 Å². The Morgan fingerprint density at radius 3 is 2.85 bits per heavy atom. The smallest absolute Gasteiger partial charge is 0.335 e. The maximum absolute atomic E-state index is 11.7. The lowest BCUT2D eigenvalue weighted by Crippen LogP contribution is -2.44. The number of hydrogen-bond acceptors (Lipinski definition) is 4. The Morgan fingerprint density at radius 2 is 2.25 bits per heavy atom. The van der Waals surface area contributed by atoms with Crippen molar-refractivity contribution in [1.29, 1.82) is 0 Å². The van der Waals surface area contributed by atoms with Crippen LogP contribution in [-0.4, -0.2) is 34.6 Å². The van der Waals surface area contributed by atoms with Gasteiger partial charge in [-0.1, -0.05) is 13.8 Å². The van der Waals surface area contributed by atoms with Crippen LogP contribution in [0.15, 0.2) is 12.1 Å². The van der Waals surface area contributed by atoms with E-state index >= 15 is 0 Å². The number of amides is 1. The van der Waals surface area contributed by atoms with E-state index in [1.165, 1.54) is 6.07 Å². The number of carboxylic acids is 1. The van der Waals surface area contributed by atoms with Crippen LogP contribution in [-0.2, 0) is 4.79 Å². The molecule has 1 saturated heterocycles. The second-order valence-electron chi connectivity index (χ2n) is 5.26. The lowest BCUT2D eigenvalue weighted by Gasteiger charge is -2.23. The topological polar surface area (TPSA) is 91.3 Å². The Bertz CT molecular complexity index is 528. The molecule has 0 bridgehead atoms. The predicted molar refractivity (Wildman–Crippen MR) is 74.9 cm³/mol. The van der Waals surface area contributed by atoms with E-state index < -0.39 is 5.97 Å². The molecule has 1 aliphatic rings. The molecule has 1 aliphatic heterocycles. The minimum atomic E-state index is -0.995. The summed E-state index contributed by atoms with van der Waals surface area (Å²) in [6, 6.07) is 2.69. The summed E-state index contributed by atoms with van der Waals surface area (Å²) < 4.78 is 0. The van der Waals surface area contributed by atoms with Crippen molar-refractivity contribution < 1.29 is 14.7 Å². The fourth-order valence-electron chi connectivity index (χ4n) is 2.13. The van der Waals surface area contributed by atoms with E-state index in [0.717, 1.165) is 12.8 Å². The standard InChI is InChI=1S/C14H19N3O3/c1-8(2)11-6-9(14(19)20)7-12(17-11)16-10-4-3-5-15-13(10)18/h6-8,10H,3-5H2,1-2H3,(H,15,18)(H,16,17)(H,19,20). The summed E-state index contributed by atoms with van der Waals surface area (Å²) in [4.78, 5) is 27.3. The summed E-state index contributed by atoms with van der Waals surface area (Å²) in [5.74, 6) is -0.499. The van der Waals surface area contributed by atoms with E-state index in [1.807, 2.05) is 13.8 Å². The predicted octanol–water partition coefficient (Wildman–Crippen LogP) is 1.59. The molecule has 1 aromatic heterocycles. The van der Waals surface area contributed by atoms with Crippen molar-refractivity contribution >= 4 is 17.7 Å². The highest BCUT2D eigenvalue weighted by Crippen LogP contribution is 2.19. The first-order valence-electron chi connectivity index (χ1n) is 6.77. The van der Waals surface area contributed by atoms with Crippen LogP contribution in [0.2, 0.25) is 0 Å². The van der Waals surface area contributed by atoms with E-state index in [2.05, 4.69) is 15.6 Å². The van der Waals surface area contributed by atoms with Gasteiger partial charge in [0, 0.05) is 12.2 Å². The highest BCUT2D eigenvalue weighted by Gasteiger charge is 2.22. The molecule has 20 heavy (non-hydrogen) atoms. The Balaban J connectivity index is 2.25. The molecule has 6 heteroatoms. The third-order valence-corrected chi connectivity index (χ3v) is 3.29. The second-order valence-corrected chi connectivity index (χ2v) is 5.26. The molecule has 6 nitrogen and oxygen atoms in total. The van der Waals surface area contributed by atoms with Gasteiger partial charge in [0.25, 0.3) is 0 Å². The Kier molecular flexibility index (Phi) is 4.22. The monoisotopic (exact) mass is 277 g/mol. The number of carbonyl (C=O) groups excluding carboxylic acids is 1. The van der Waals surface area contributed by atoms with E-state index in [-0.39, 0.29) is 23.4 Å². The third kappa shape index (κ3) is 3.26. The highest BCUT2D eigenvalue weighted by atomic mass is 16.4. The lowest BCUT2D eigenvalue weighted by molar-refractivity contribution is -0.123. The number of hydrogen-bond donors (Lipinski definition) is 3. The molecule has 108 valence electrons. The fraction of sp³-hybridized carbons (Fsp3) is 0.500. The molecule has 0 saturated carbocycles. The summed E-state index contributed by atoms with van der Waals surface area (Å²) >= 11 is 0. The van der Waals surface area contributed by atoms with Gasteiger partial charge in [0.1, 0.15) is 11.9 Å². The van der Waals surface area contributed by atoms with Crippen LogP contribution in [0, 0.1) is 0 Å². The van der Waals surface area contributed by atoms with Crippen molar-refractivity contribution in [2.75, 3.05) is 11.9 Å². The largest absolute Gasteiger partial charge is 0.478 e. The van der Waals surface area contributed by atoms with E-state index in [4.69, 9.17) is 5.11 Å². The zero-order valence-corrected chi connectivity index (χ0v) is 11.6. The maximum atomic E-state index is 11.7. The van der Waals surface area contributed by atoms with Gasteiger partial charge in [0.15, 0.2) is 0 Å². The van der Waals surface area contributed by atoms with Gasteiger partial charge in [-0.2, -0.15) is 0 Å². The Labute approximate surface area is 117 Å². The van der Waals surface area contributed by atoms with Crippen LogP contribution in [0.4, 0.5) is 5.82 Å². The van der Waals surface area contributed by atoms with Crippen molar-refractivity contribution in [2.24, 2.45) is 0 Å². The average Bonchev–Trinajstić information content (AvgIpc) is 2.41. The van der Waals surface area contributed by atoms with Crippen LogP contribution in [0.5, 0.6) is 0 Å². The van der Waals surface area contributed by atoms with E-state index in [9.17, 15) is 9.59 Å². The number of carbonyl (C=O) groups is 2. The van der Waals surface area contributed by atoms with Gasteiger partial charge in [-0.25, -0.2) is 9.78 Å². The highest BCUT2D eigenvalue weighted by molar-refractivity contribution is 5.89. The van der Waals surface area contributed by atoms with Crippen molar-refractivity contribution in [1.82, 2.24) is 10.3 Å². The number of pyridine rings is 1. The minimum absolute atomic E-state index is 0.0649. The minimum Gasteiger partial charge on any atom is -0.478 e. The van der Waals surface area contributed by atoms with Crippen LogP contribution in [0.1, 0.15) is 48.7 Å². The number of nitrogens with zero attached hydrogens (tertiary/aromatic N) is 1. The first-order valence-corrected chi connectivity index (χ1v) is 6.77. The van der Waals surface area contributed by atoms with Crippen LogP contribution in [0.3, 0.4) is 0 Å². The molecule has 1 fully saturated rings. The SMILES string of the molecule is CC(C)c1cc(C(=O)O)cc(NC2CCCNC2=O)n1. The van der Waals surface area contributed by atoms with Gasteiger partial charge in [-0.15, -0.1) is 0 Å². The molecule has 1 amide bonds. The summed E-state index contributed by atoms with van der Waals surface area (Å²) in [6.07, 6.45) is 1.63. The molecule has 2 rings (SSSR count). The molecule has 1 aromatic rings. The molecular formula is C14H19N3O3. The summed E-state index contributed by atoms with van der Waals surface area (Å²) in [5.41, 5.74) is 0.881. The average molecular weight is 277 g/mol. The van der Waals surface area contributed by atoms with Crippen LogP contribution < -0.4 is 10.6 Å². The van der Waals surface area contributed by atoms with Gasteiger partial charge in [0.2, 0.25) is 5.91 Å². The van der Waals surface area contributed by atoms with Crippen LogP contribution >= 0.6 is 0 Å². The molecule has 1 atom stereocenters. The lowest BCUT2D eigenvalue weighted by atomic mass is 10.1. The van der Waals surface area contributed by atoms with Crippen molar-refractivity contribution in [3.63, 3.8) is 0 Å². The maximum Gasteiger partial charge on any atom is 0.335 e. The van der Waals surface area contributed by atoms with Gasteiger partial charge >= 0.3 is 5.97 Å². The molecule has 0 spiro atoms. The van der Waals surface area contributed by atoms with E-state index in [1.54, 1.807) is 6.07 Å². The van der Waals surface area contributed by atoms with E-state index in [0.29, 0.717) is 18.1 Å². The number of piperidine rings is 1. The van der Waals surface area contributed by atoms with Gasteiger partial charge in [0.05, 0.1) is 5.56 Å². The number of rotatable bonds is 4. The normalized spacial score (nSPS) is 18.8. The number of aromatic nitrogens is 1. The second kappa shape index (κ2) is 5.90. The van der Waals surface area contributed by atoms with Crippen molar-refractivity contribution in [2.45, 2.75) is 38.6 Å². The molecule has 1 unspecified atom stereocenters. The van der Waals surface area contributed by atoms with Gasteiger partial charge < -0.3 is 15.7 Å². The molecule has 0 aliphatic carbocycles. The van der Waals surface area contributed by atoms with Crippen molar-refractivity contribution in [3.8, 4) is 0 Å². The molecular weight excluding hydrogens is 258 g/mol.